The number of hydrogen-bond acceptors (Lipinski definition) is 8. The second-order valence-corrected chi connectivity index (χ2v) is 10.5. The number of carboxylic acid groups (broad SMARTS) is 1. The SMILES string of the molecule is COC(=O)NC(CCC=CC(=O)N(C)C)C(=O)Nc1cccn(Cc2nc3c(OCc4ccccc4)c(F)c(F)cc3n2C(=O)O)c1=O. The first-order valence-corrected chi connectivity index (χ1v) is 14.4. The molecule has 0 aliphatic rings. The number of imidazole rings is 1. The van der Waals surface area contributed by atoms with Gasteiger partial charge in [-0.3, -0.25) is 14.4 Å². The van der Waals surface area contributed by atoms with E-state index in [1.54, 1.807) is 44.4 Å². The highest BCUT2D eigenvalue weighted by atomic mass is 19.2. The monoisotopic (exact) mass is 666 g/mol. The molecule has 4 aromatic rings. The number of halogens is 2. The summed E-state index contributed by atoms with van der Waals surface area (Å²) in [4.78, 5) is 68.1. The van der Waals surface area contributed by atoms with Crippen molar-refractivity contribution >= 4 is 40.7 Å². The van der Waals surface area contributed by atoms with Gasteiger partial charge >= 0.3 is 12.2 Å². The van der Waals surface area contributed by atoms with Crippen molar-refractivity contribution in [1.29, 1.82) is 0 Å². The van der Waals surface area contributed by atoms with Crippen LogP contribution in [0.25, 0.3) is 11.0 Å². The first kappa shape index (κ1) is 34.8. The fourth-order valence-electron chi connectivity index (χ4n) is 4.55. The second kappa shape index (κ2) is 15.5. The molecule has 4 rings (SSSR count). The van der Waals surface area contributed by atoms with Crippen molar-refractivity contribution in [2.24, 2.45) is 0 Å². The molecule has 0 aliphatic carbocycles. The summed E-state index contributed by atoms with van der Waals surface area (Å²) in [7, 11) is 4.26. The number of fused-ring (bicyclic) bond motifs is 1. The number of allylic oxidation sites excluding steroid dienone is 1. The number of carbonyl (C=O) groups excluding carboxylic acids is 3. The zero-order chi connectivity index (χ0) is 35.0. The van der Waals surface area contributed by atoms with Gasteiger partial charge in [0.25, 0.3) is 5.56 Å². The number of aromatic nitrogens is 3. The van der Waals surface area contributed by atoms with Gasteiger partial charge in [0, 0.05) is 26.4 Å². The molecule has 48 heavy (non-hydrogen) atoms. The molecular formula is C32H32F2N6O8. The van der Waals surface area contributed by atoms with Gasteiger partial charge < -0.3 is 34.7 Å². The van der Waals surface area contributed by atoms with Gasteiger partial charge in [-0.15, -0.1) is 0 Å². The van der Waals surface area contributed by atoms with Gasteiger partial charge in [-0.25, -0.2) is 23.5 Å². The van der Waals surface area contributed by atoms with E-state index in [1.165, 1.54) is 35.4 Å². The first-order valence-electron chi connectivity index (χ1n) is 14.4. The highest BCUT2D eigenvalue weighted by molar-refractivity contribution is 5.96. The van der Waals surface area contributed by atoms with Gasteiger partial charge in [-0.05, 0) is 36.6 Å². The van der Waals surface area contributed by atoms with Gasteiger partial charge in [0.2, 0.25) is 17.6 Å². The van der Waals surface area contributed by atoms with Crippen molar-refractivity contribution in [3.05, 3.63) is 100 Å². The Hall–Kier alpha value is -6.06. The van der Waals surface area contributed by atoms with E-state index in [2.05, 4.69) is 20.4 Å². The second-order valence-electron chi connectivity index (χ2n) is 10.5. The average Bonchev–Trinajstić information content (AvgIpc) is 3.41. The Labute approximate surface area is 272 Å². The summed E-state index contributed by atoms with van der Waals surface area (Å²) < 4.78 is 41.4. The van der Waals surface area contributed by atoms with Crippen LogP contribution >= 0.6 is 0 Å². The molecule has 0 saturated heterocycles. The van der Waals surface area contributed by atoms with Crippen molar-refractivity contribution in [3.63, 3.8) is 0 Å². The molecule has 0 aliphatic heterocycles. The zero-order valence-corrected chi connectivity index (χ0v) is 26.1. The molecule has 252 valence electrons. The molecule has 0 saturated carbocycles. The number of carbonyl (C=O) groups is 4. The summed E-state index contributed by atoms with van der Waals surface area (Å²) in [5, 5.41) is 14.8. The molecule has 0 radical (unpaired) electrons. The van der Waals surface area contributed by atoms with E-state index in [4.69, 9.17) is 4.74 Å². The number of methoxy groups -OCH3 is 1. The number of pyridine rings is 1. The molecule has 0 fully saturated rings. The minimum Gasteiger partial charge on any atom is -0.483 e. The van der Waals surface area contributed by atoms with Gasteiger partial charge in [-0.2, -0.15) is 4.39 Å². The highest BCUT2D eigenvalue weighted by Gasteiger charge is 2.26. The van der Waals surface area contributed by atoms with Gasteiger partial charge in [0.15, 0.2) is 11.6 Å². The van der Waals surface area contributed by atoms with Gasteiger partial charge in [0.1, 0.15) is 29.7 Å². The molecule has 16 heteroatoms. The van der Waals surface area contributed by atoms with E-state index < -0.39 is 53.6 Å². The number of amides is 3. The quantitative estimate of drug-likeness (QED) is 0.191. The van der Waals surface area contributed by atoms with E-state index in [9.17, 15) is 37.9 Å². The molecule has 2 heterocycles. The van der Waals surface area contributed by atoms with E-state index in [0.717, 1.165) is 11.7 Å². The minimum atomic E-state index is -1.58. The maximum Gasteiger partial charge on any atom is 0.417 e. The molecule has 2 aromatic heterocycles. The largest absolute Gasteiger partial charge is 0.483 e. The Kier molecular flexibility index (Phi) is 11.2. The molecule has 1 unspecified atom stereocenters. The Bertz CT molecular complexity index is 1920. The third kappa shape index (κ3) is 8.20. The van der Waals surface area contributed by atoms with Crippen molar-refractivity contribution in [2.45, 2.75) is 32.0 Å². The lowest BCUT2D eigenvalue weighted by atomic mass is 10.1. The average molecular weight is 667 g/mol. The number of nitrogens with one attached hydrogen (secondary N) is 2. The smallest absolute Gasteiger partial charge is 0.417 e. The summed E-state index contributed by atoms with van der Waals surface area (Å²) in [6.07, 6.45) is 1.92. The lowest BCUT2D eigenvalue weighted by Gasteiger charge is -2.17. The zero-order valence-electron chi connectivity index (χ0n) is 26.1. The Morgan fingerprint density at radius 1 is 1.10 bits per heavy atom. The van der Waals surface area contributed by atoms with E-state index in [-0.39, 0.29) is 47.9 Å². The third-order valence-corrected chi connectivity index (χ3v) is 6.99. The maximum absolute atomic E-state index is 14.9. The summed E-state index contributed by atoms with van der Waals surface area (Å²) in [5.74, 6) is -4.65. The Balaban J connectivity index is 1.61. The topological polar surface area (TPSA) is 174 Å². The Morgan fingerprint density at radius 2 is 1.83 bits per heavy atom. The fourth-order valence-corrected chi connectivity index (χ4v) is 4.55. The summed E-state index contributed by atoms with van der Waals surface area (Å²) in [5.41, 5.74) is -0.953. The first-order chi connectivity index (χ1) is 22.9. The molecule has 1 atom stereocenters. The number of ether oxygens (including phenoxy) is 2. The molecule has 3 N–H and O–H groups in total. The summed E-state index contributed by atoms with van der Waals surface area (Å²) in [6.45, 7) is -0.650. The third-order valence-electron chi connectivity index (χ3n) is 6.99. The van der Waals surface area contributed by atoms with Crippen molar-refractivity contribution in [1.82, 2.24) is 24.3 Å². The van der Waals surface area contributed by atoms with Crippen LogP contribution in [0.1, 0.15) is 24.2 Å². The van der Waals surface area contributed by atoms with Gasteiger partial charge in [-0.1, -0.05) is 36.4 Å². The molecule has 0 bridgehead atoms. The number of likely N-dealkylation sites (N-methyl/N-ethyl adjacent to an activating group) is 1. The van der Waals surface area contributed by atoms with Crippen LogP contribution < -0.4 is 20.9 Å². The lowest BCUT2D eigenvalue weighted by Crippen LogP contribution is -2.44. The van der Waals surface area contributed by atoms with Crippen LogP contribution in [0, 0.1) is 11.6 Å². The number of rotatable bonds is 12. The van der Waals surface area contributed by atoms with E-state index in [1.807, 2.05) is 0 Å². The number of anilines is 1. The molecule has 2 aromatic carbocycles. The van der Waals surface area contributed by atoms with Crippen LogP contribution in [-0.4, -0.2) is 75.4 Å². The van der Waals surface area contributed by atoms with Crippen molar-refractivity contribution < 1.29 is 42.5 Å². The Morgan fingerprint density at radius 3 is 2.50 bits per heavy atom. The van der Waals surface area contributed by atoms with Gasteiger partial charge in [0.05, 0.1) is 19.2 Å². The van der Waals surface area contributed by atoms with E-state index >= 15 is 0 Å². The highest BCUT2D eigenvalue weighted by Crippen LogP contribution is 2.32. The molecule has 3 amide bonds. The predicted octanol–water partition coefficient (Wildman–Crippen LogP) is 3.72. The maximum atomic E-state index is 14.9. The normalized spacial score (nSPS) is 11.7. The fraction of sp³-hybridized carbons (Fsp3) is 0.250. The van der Waals surface area contributed by atoms with Crippen LogP contribution in [0.3, 0.4) is 0 Å². The van der Waals surface area contributed by atoms with Crippen LogP contribution in [0.15, 0.2) is 71.7 Å². The standard InChI is InChI=1S/C32H32F2N6O8/c1-38(2)25(41)14-8-7-12-21(36-31(44)47-3)29(42)35-22-13-9-15-39(30(22)43)17-24-37-27-23(40(24)32(45)46)16-20(33)26(34)28(27)48-18-19-10-5-4-6-11-19/h4-6,8-11,13-16,21H,7,12,17-18H2,1-3H3,(H,35,42)(H,36,44)(H,45,46). The lowest BCUT2D eigenvalue weighted by molar-refractivity contribution is -0.123. The van der Waals surface area contributed by atoms with Crippen molar-refractivity contribution in [2.75, 3.05) is 26.5 Å². The van der Waals surface area contributed by atoms with Crippen LogP contribution in [0.4, 0.5) is 24.1 Å². The number of alkyl carbamates (subject to hydrolysis) is 1. The van der Waals surface area contributed by atoms with Crippen LogP contribution in [0.5, 0.6) is 5.75 Å². The molecule has 0 spiro atoms. The van der Waals surface area contributed by atoms with Crippen LogP contribution in [0.2, 0.25) is 0 Å². The molecule has 14 nitrogen and oxygen atoms in total. The predicted molar refractivity (Wildman–Crippen MR) is 169 cm³/mol. The van der Waals surface area contributed by atoms with Crippen molar-refractivity contribution in [3.8, 4) is 5.75 Å². The minimum absolute atomic E-state index is 0.0452. The number of benzene rings is 2. The summed E-state index contributed by atoms with van der Waals surface area (Å²) in [6, 6.07) is 10.8. The summed E-state index contributed by atoms with van der Waals surface area (Å²) >= 11 is 0. The van der Waals surface area contributed by atoms with E-state index in [0.29, 0.717) is 16.2 Å². The van der Waals surface area contributed by atoms with Crippen LogP contribution in [-0.2, 0) is 27.5 Å². The number of nitrogens with zero attached hydrogens (tertiary/aromatic N) is 4. The molecular weight excluding hydrogens is 634 g/mol. The number of hydrogen-bond donors (Lipinski definition) is 3.